The lowest BCUT2D eigenvalue weighted by Gasteiger charge is -2.04. The molecule has 0 saturated carbocycles. The molecule has 266 valence electrons. The molecule has 0 saturated heterocycles. The molecule has 0 N–H and O–H groups in total. The van der Waals surface area contributed by atoms with Crippen LogP contribution in [0.3, 0.4) is 0 Å². The molecule has 2 aliphatic rings. The second-order valence-corrected chi connectivity index (χ2v) is 14.0. The third-order valence-corrected chi connectivity index (χ3v) is 9.53. The highest BCUT2D eigenvalue weighted by molar-refractivity contribution is 5.77. The van der Waals surface area contributed by atoms with E-state index < -0.39 is 0 Å². The van der Waals surface area contributed by atoms with Gasteiger partial charge in [0.25, 0.3) is 0 Å². The summed E-state index contributed by atoms with van der Waals surface area (Å²) in [6.07, 6.45) is 46.3. The van der Waals surface area contributed by atoms with Crippen molar-refractivity contribution in [2.24, 2.45) is 9.98 Å². The zero-order valence-electron chi connectivity index (χ0n) is 30.9. The molecule has 0 aromatic heterocycles. The molecule has 0 atom stereocenters. The zero-order valence-corrected chi connectivity index (χ0v) is 30.9. The summed E-state index contributed by atoms with van der Waals surface area (Å²) in [6.45, 7) is 7.98. The Labute approximate surface area is 282 Å². The van der Waals surface area contributed by atoms with Gasteiger partial charge in [-0.25, -0.2) is 0 Å². The first kappa shape index (κ1) is 42.0. The molecule has 45 heavy (non-hydrogen) atoms. The lowest BCUT2D eigenvalue weighted by Crippen LogP contribution is -1.98. The number of unbranched alkanes of at least 4 members (excludes halogenated alkanes) is 29. The number of hydrogen-bond donors (Lipinski definition) is 0. The van der Waals surface area contributed by atoms with Crippen molar-refractivity contribution in [3.05, 3.63) is 0 Å². The summed E-state index contributed by atoms with van der Waals surface area (Å²) < 4.78 is 10.8. The Bertz CT molecular complexity index is 647. The fraction of sp³-hybridized carbons (Fsp3) is 0.951. The molecule has 0 aromatic carbocycles. The number of aliphatic imine (C=N–C) groups is 2. The van der Waals surface area contributed by atoms with Gasteiger partial charge < -0.3 is 9.47 Å². The van der Waals surface area contributed by atoms with Gasteiger partial charge in [-0.1, -0.05) is 200 Å². The Hall–Kier alpha value is -1.06. The SMILES string of the molecule is CCCCCCCCCCCCCCCCCC1=NCCO1.CCCCCCCCCCCCCCCCCCC1=NCCO1. The van der Waals surface area contributed by atoms with Gasteiger partial charge in [0.15, 0.2) is 11.8 Å². The van der Waals surface area contributed by atoms with Crippen LogP contribution in [0.2, 0.25) is 0 Å². The maximum atomic E-state index is 5.43. The van der Waals surface area contributed by atoms with Gasteiger partial charge in [-0.15, -0.1) is 0 Å². The van der Waals surface area contributed by atoms with Gasteiger partial charge in [0.05, 0.1) is 13.1 Å². The Kier molecular flexibility index (Phi) is 33.4. The lowest BCUT2D eigenvalue weighted by molar-refractivity contribution is 0.336. The highest BCUT2D eigenvalue weighted by Gasteiger charge is 2.06. The van der Waals surface area contributed by atoms with Crippen LogP contribution in [0.1, 0.15) is 226 Å². The predicted molar refractivity (Wildman–Crippen MR) is 200 cm³/mol. The number of hydrogen-bond acceptors (Lipinski definition) is 4. The van der Waals surface area contributed by atoms with Gasteiger partial charge in [0.1, 0.15) is 13.2 Å². The minimum atomic E-state index is 0.814. The molecule has 4 nitrogen and oxygen atoms in total. The average Bonchev–Trinajstić information content (AvgIpc) is 3.78. The topological polar surface area (TPSA) is 43.2 Å². The smallest absolute Gasteiger partial charge is 0.183 e. The van der Waals surface area contributed by atoms with Crippen LogP contribution in [0.15, 0.2) is 9.98 Å². The van der Waals surface area contributed by atoms with Crippen LogP contribution in [-0.2, 0) is 9.47 Å². The fourth-order valence-corrected chi connectivity index (χ4v) is 6.53. The van der Waals surface area contributed by atoms with Crippen molar-refractivity contribution in [3.8, 4) is 0 Å². The minimum Gasteiger partial charge on any atom is -0.479 e. The van der Waals surface area contributed by atoms with Crippen molar-refractivity contribution >= 4 is 11.8 Å². The summed E-state index contributed by atoms with van der Waals surface area (Å²) in [5.74, 6) is 2.02. The van der Waals surface area contributed by atoms with Gasteiger partial charge in [-0.05, 0) is 12.8 Å². The van der Waals surface area contributed by atoms with Crippen molar-refractivity contribution < 1.29 is 9.47 Å². The van der Waals surface area contributed by atoms with Crippen molar-refractivity contribution in [1.29, 1.82) is 0 Å². The number of rotatable bonds is 33. The first-order chi connectivity index (χ1) is 22.4. The van der Waals surface area contributed by atoms with Crippen LogP contribution >= 0.6 is 0 Å². The molecule has 0 amide bonds. The summed E-state index contributed by atoms with van der Waals surface area (Å²) in [5, 5.41) is 0. The highest BCUT2D eigenvalue weighted by atomic mass is 16.5. The molecule has 0 radical (unpaired) electrons. The molecule has 0 unspecified atom stereocenters. The molecule has 2 rings (SSSR count). The van der Waals surface area contributed by atoms with E-state index in [-0.39, 0.29) is 0 Å². The monoisotopic (exact) mass is 633 g/mol. The minimum absolute atomic E-state index is 0.814. The molecule has 0 fully saturated rings. The summed E-state index contributed by atoms with van der Waals surface area (Å²) >= 11 is 0. The molecular formula is C41H80N2O2. The predicted octanol–water partition coefficient (Wildman–Crippen LogP) is 13.7. The van der Waals surface area contributed by atoms with Crippen LogP contribution < -0.4 is 0 Å². The van der Waals surface area contributed by atoms with Crippen molar-refractivity contribution in [2.75, 3.05) is 26.3 Å². The standard InChI is InChI=1S/C21H41NO.C20H39NO/c1-2-3-4-5-6-7-8-9-10-11-12-13-14-15-16-17-18-21-22-19-20-23-21;1-2-3-4-5-6-7-8-9-10-11-12-13-14-15-16-17-20-21-18-19-22-20/h2-20H2,1H3;2-19H2,1H3. The maximum absolute atomic E-state index is 5.43. The van der Waals surface area contributed by atoms with Gasteiger partial charge in [-0.2, -0.15) is 0 Å². The molecule has 2 heterocycles. The maximum Gasteiger partial charge on any atom is 0.183 e. The molecule has 0 aliphatic carbocycles. The summed E-state index contributed by atoms with van der Waals surface area (Å²) in [7, 11) is 0. The molecule has 2 aliphatic heterocycles. The van der Waals surface area contributed by atoms with Gasteiger partial charge in [0.2, 0.25) is 0 Å². The second kappa shape index (κ2) is 35.8. The lowest BCUT2D eigenvalue weighted by atomic mass is 10.0. The first-order valence-corrected chi connectivity index (χ1v) is 20.7. The van der Waals surface area contributed by atoms with E-state index in [0.29, 0.717) is 0 Å². The van der Waals surface area contributed by atoms with Crippen LogP contribution in [0, 0.1) is 0 Å². The van der Waals surface area contributed by atoms with E-state index in [1.807, 2.05) is 0 Å². The van der Waals surface area contributed by atoms with E-state index in [9.17, 15) is 0 Å². The van der Waals surface area contributed by atoms with Crippen molar-refractivity contribution in [2.45, 2.75) is 226 Å². The number of nitrogens with zero attached hydrogens (tertiary/aromatic N) is 2. The van der Waals surface area contributed by atoms with E-state index in [0.717, 1.165) is 50.9 Å². The Balaban J connectivity index is 0.000000450. The quantitative estimate of drug-likeness (QED) is 0.0676. The molecule has 4 heteroatoms. The fourth-order valence-electron chi connectivity index (χ4n) is 6.53. The molecule has 0 bridgehead atoms. The largest absolute Gasteiger partial charge is 0.479 e. The van der Waals surface area contributed by atoms with Crippen LogP contribution in [0.4, 0.5) is 0 Å². The third-order valence-electron chi connectivity index (χ3n) is 9.53. The van der Waals surface area contributed by atoms with Crippen LogP contribution in [0.5, 0.6) is 0 Å². The number of ether oxygens (including phenoxy) is 2. The van der Waals surface area contributed by atoms with E-state index >= 15 is 0 Å². The molecule has 0 aromatic rings. The van der Waals surface area contributed by atoms with E-state index in [4.69, 9.17) is 9.47 Å². The zero-order chi connectivity index (χ0) is 32.1. The molecular weight excluding hydrogens is 552 g/mol. The van der Waals surface area contributed by atoms with Crippen molar-refractivity contribution in [1.82, 2.24) is 0 Å². The third kappa shape index (κ3) is 31.3. The second-order valence-electron chi connectivity index (χ2n) is 14.0. The van der Waals surface area contributed by atoms with Gasteiger partial charge in [0, 0.05) is 12.8 Å². The summed E-state index contributed by atoms with van der Waals surface area (Å²) in [6, 6.07) is 0. The molecule has 0 spiro atoms. The van der Waals surface area contributed by atoms with E-state index in [2.05, 4.69) is 23.8 Å². The highest BCUT2D eigenvalue weighted by Crippen LogP contribution is 2.16. The average molecular weight is 633 g/mol. The van der Waals surface area contributed by atoms with E-state index in [1.165, 1.54) is 199 Å². The Morgan fingerprint density at radius 2 is 0.556 bits per heavy atom. The van der Waals surface area contributed by atoms with E-state index in [1.54, 1.807) is 0 Å². The van der Waals surface area contributed by atoms with Gasteiger partial charge >= 0.3 is 0 Å². The Morgan fingerprint density at radius 3 is 0.756 bits per heavy atom. The van der Waals surface area contributed by atoms with Crippen LogP contribution in [-0.4, -0.2) is 38.1 Å². The van der Waals surface area contributed by atoms with Crippen LogP contribution in [0.25, 0.3) is 0 Å². The first-order valence-electron chi connectivity index (χ1n) is 20.7. The Morgan fingerprint density at radius 1 is 0.333 bits per heavy atom. The summed E-state index contributed by atoms with van der Waals surface area (Å²) in [4.78, 5) is 8.67. The normalized spacial score (nSPS) is 14.1. The van der Waals surface area contributed by atoms with Gasteiger partial charge in [-0.3, -0.25) is 9.98 Å². The summed E-state index contributed by atoms with van der Waals surface area (Å²) in [5.41, 5.74) is 0. The van der Waals surface area contributed by atoms with Crippen molar-refractivity contribution in [3.63, 3.8) is 0 Å².